The van der Waals surface area contributed by atoms with Crippen LogP contribution < -0.4 is 14.8 Å². The normalized spacial score (nSPS) is 20.1. The molecule has 29 heavy (non-hydrogen) atoms. The molecule has 0 bridgehead atoms. The first-order chi connectivity index (χ1) is 14.2. The maximum Gasteiger partial charge on any atom is 0.161 e. The third-order valence-electron chi connectivity index (χ3n) is 5.95. The molecule has 0 saturated carbocycles. The number of nitrogens with one attached hydrogen (secondary N) is 1. The molecule has 0 saturated heterocycles. The lowest BCUT2D eigenvalue weighted by Crippen LogP contribution is -2.45. The van der Waals surface area contributed by atoms with Gasteiger partial charge < -0.3 is 14.8 Å². The molecule has 1 N–H and O–H groups in total. The van der Waals surface area contributed by atoms with Crippen LogP contribution in [0.2, 0.25) is 5.02 Å². The molecule has 2 aliphatic rings. The van der Waals surface area contributed by atoms with Crippen molar-refractivity contribution in [2.45, 2.75) is 18.6 Å². The van der Waals surface area contributed by atoms with Gasteiger partial charge in [0.25, 0.3) is 0 Å². The van der Waals surface area contributed by atoms with Crippen molar-refractivity contribution in [3.63, 3.8) is 0 Å². The molecule has 2 aliphatic heterocycles. The Morgan fingerprint density at radius 2 is 1.72 bits per heavy atom. The minimum atomic E-state index is 0.0508. The van der Waals surface area contributed by atoms with Gasteiger partial charge in [0.1, 0.15) is 6.17 Å². The summed E-state index contributed by atoms with van der Waals surface area (Å²) in [5.74, 6) is 1.55. The van der Waals surface area contributed by atoms with Gasteiger partial charge in [-0.3, -0.25) is 4.90 Å². The zero-order chi connectivity index (χ0) is 20.0. The van der Waals surface area contributed by atoms with Gasteiger partial charge in [-0.05, 0) is 59.0 Å². The monoisotopic (exact) mass is 406 g/mol. The smallest absolute Gasteiger partial charge is 0.161 e. The Hall–Kier alpha value is -2.69. The van der Waals surface area contributed by atoms with E-state index in [4.69, 9.17) is 21.1 Å². The fourth-order valence-electron chi connectivity index (χ4n) is 4.64. The van der Waals surface area contributed by atoms with Crippen molar-refractivity contribution in [1.29, 1.82) is 0 Å². The summed E-state index contributed by atoms with van der Waals surface area (Å²) in [5.41, 5.74) is 6.18. The summed E-state index contributed by atoms with van der Waals surface area (Å²) >= 11 is 6.32. The molecule has 5 rings (SSSR count). The Morgan fingerprint density at radius 1 is 0.931 bits per heavy atom. The Bertz CT molecular complexity index is 1070. The highest BCUT2D eigenvalue weighted by atomic mass is 35.5. The average Bonchev–Trinajstić information content (AvgIpc) is 2.77. The first kappa shape index (κ1) is 18.3. The number of fused-ring (bicyclic) bond motifs is 5. The van der Waals surface area contributed by atoms with Crippen molar-refractivity contribution in [3.05, 3.63) is 87.9 Å². The lowest BCUT2D eigenvalue weighted by molar-refractivity contribution is 0.153. The molecule has 0 aliphatic carbocycles. The zero-order valence-corrected chi connectivity index (χ0v) is 17.2. The number of para-hydroxylation sites is 1. The van der Waals surface area contributed by atoms with Crippen LogP contribution in [0, 0.1) is 0 Å². The van der Waals surface area contributed by atoms with Crippen molar-refractivity contribution in [3.8, 4) is 11.5 Å². The highest BCUT2D eigenvalue weighted by Gasteiger charge is 2.39. The van der Waals surface area contributed by atoms with Gasteiger partial charge in [-0.2, -0.15) is 0 Å². The standard InChI is InChI=1S/C24H23ClN2O2/c1-28-21-13-15-10-11-27-23(19(15)14-22(21)29-2)18-8-3-4-9-20(18)26-24(27)16-6-5-7-17(25)12-16/h3-9,12-14,23-24,26H,10-11H2,1-2H3/t23-,24+/m0/s1. The van der Waals surface area contributed by atoms with E-state index in [2.05, 4.69) is 52.7 Å². The molecule has 3 aromatic carbocycles. The van der Waals surface area contributed by atoms with Gasteiger partial charge in [0.2, 0.25) is 0 Å². The van der Waals surface area contributed by atoms with E-state index in [0.717, 1.165) is 35.2 Å². The summed E-state index contributed by atoms with van der Waals surface area (Å²) in [6.45, 7) is 0.936. The van der Waals surface area contributed by atoms with E-state index in [0.29, 0.717) is 0 Å². The quantitative estimate of drug-likeness (QED) is 0.628. The van der Waals surface area contributed by atoms with E-state index in [9.17, 15) is 0 Å². The number of hydrogen-bond acceptors (Lipinski definition) is 4. The molecular weight excluding hydrogens is 384 g/mol. The molecule has 148 valence electrons. The Morgan fingerprint density at radius 3 is 2.52 bits per heavy atom. The van der Waals surface area contributed by atoms with Gasteiger partial charge >= 0.3 is 0 Å². The SMILES string of the molecule is COc1cc2c(cc1OC)[C@@H]1c3ccccc3N[C@@H](c3cccc(Cl)c3)N1CC2. The molecule has 0 aromatic heterocycles. The highest BCUT2D eigenvalue weighted by Crippen LogP contribution is 2.48. The topological polar surface area (TPSA) is 33.7 Å². The molecule has 2 atom stereocenters. The maximum atomic E-state index is 6.32. The second kappa shape index (κ2) is 7.29. The fourth-order valence-corrected chi connectivity index (χ4v) is 4.84. The lowest BCUT2D eigenvalue weighted by Gasteiger charge is -2.47. The van der Waals surface area contributed by atoms with Gasteiger partial charge in [-0.25, -0.2) is 0 Å². The maximum absolute atomic E-state index is 6.32. The van der Waals surface area contributed by atoms with E-state index in [1.165, 1.54) is 22.3 Å². The number of benzene rings is 3. The average molecular weight is 407 g/mol. The number of halogens is 1. The number of anilines is 1. The molecule has 0 fully saturated rings. The first-order valence-electron chi connectivity index (χ1n) is 9.81. The molecular formula is C24H23ClN2O2. The summed E-state index contributed by atoms with van der Waals surface area (Å²) in [5, 5.41) is 4.49. The van der Waals surface area contributed by atoms with Crippen LogP contribution in [0.3, 0.4) is 0 Å². The fraction of sp³-hybridized carbons (Fsp3) is 0.250. The third kappa shape index (κ3) is 3.04. The minimum absolute atomic E-state index is 0.0508. The number of hydrogen-bond donors (Lipinski definition) is 1. The van der Waals surface area contributed by atoms with E-state index < -0.39 is 0 Å². The zero-order valence-electron chi connectivity index (χ0n) is 16.5. The Balaban J connectivity index is 1.68. The van der Waals surface area contributed by atoms with Gasteiger partial charge in [-0.15, -0.1) is 0 Å². The molecule has 0 radical (unpaired) electrons. The van der Waals surface area contributed by atoms with Crippen LogP contribution in [0.5, 0.6) is 11.5 Å². The van der Waals surface area contributed by atoms with Crippen molar-refractivity contribution in [2.24, 2.45) is 0 Å². The lowest BCUT2D eigenvalue weighted by atomic mass is 9.84. The predicted molar refractivity (Wildman–Crippen MR) is 116 cm³/mol. The largest absolute Gasteiger partial charge is 0.493 e. The Labute approximate surface area is 176 Å². The molecule has 3 aromatic rings. The predicted octanol–water partition coefficient (Wildman–Crippen LogP) is 5.43. The van der Waals surface area contributed by atoms with Gasteiger partial charge in [-0.1, -0.05) is 41.9 Å². The summed E-state index contributed by atoms with van der Waals surface area (Å²) in [7, 11) is 3.38. The van der Waals surface area contributed by atoms with Crippen molar-refractivity contribution in [2.75, 3.05) is 26.1 Å². The van der Waals surface area contributed by atoms with Crippen LogP contribution in [0.15, 0.2) is 60.7 Å². The second-order valence-electron chi connectivity index (χ2n) is 7.49. The van der Waals surface area contributed by atoms with Crippen molar-refractivity contribution in [1.82, 2.24) is 4.90 Å². The van der Waals surface area contributed by atoms with Crippen LogP contribution in [-0.4, -0.2) is 25.7 Å². The second-order valence-corrected chi connectivity index (χ2v) is 7.92. The minimum Gasteiger partial charge on any atom is -0.493 e. The molecule has 0 unspecified atom stereocenters. The van der Waals surface area contributed by atoms with Crippen molar-refractivity contribution >= 4 is 17.3 Å². The summed E-state index contributed by atoms with van der Waals surface area (Å²) in [4.78, 5) is 2.52. The molecule has 0 spiro atoms. The molecule has 4 nitrogen and oxygen atoms in total. The number of nitrogens with zero attached hydrogens (tertiary/aromatic N) is 1. The number of rotatable bonds is 3. The van der Waals surface area contributed by atoms with Crippen LogP contribution in [0.4, 0.5) is 5.69 Å². The first-order valence-corrected chi connectivity index (χ1v) is 10.2. The number of methoxy groups -OCH3 is 2. The molecule has 0 amide bonds. The number of ether oxygens (including phenoxy) is 2. The van der Waals surface area contributed by atoms with Gasteiger partial charge in [0, 0.05) is 17.3 Å². The third-order valence-corrected chi connectivity index (χ3v) is 6.19. The summed E-state index contributed by atoms with van der Waals surface area (Å²) in [6, 6.07) is 21.1. The highest BCUT2D eigenvalue weighted by molar-refractivity contribution is 6.30. The van der Waals surface area contributed by atoms with Crippen LogP contribution in [0.25, 0.3) is 0 Å². The molecule has 5 heteroatoms. The van der Waals surface area contributed by atoms with Crippen molar-refractivity contribution < 1.29 is 9.47 Å². The Kier molecular flexibility index (Phi) is 4.61. The van der Waals surface area contributed by atoms with Crippen LogP contribution >= 0.6 is 11.6 Å². The van der Waals surface area contributed by atoms with Crippen LogP contribution in [0.1, 0.15) is 34.5 Å². The van der Waals surface area contributed by atoms with E-state index in [-0.39, 0.29) is 12.2 Å². The van der Waals surface area contributed by atoms with E-state index in [1.807, 2.05) is 18.2 Å². The van der Waals surface area contributed by atoms with Gasteiger partial charge in [0.15, 0.2) is 11.5 Å². The summed E-state index contributed by atoms with van der Waals surface area (Å²) < 4.78 is 11.2. The molecule has 2 heterocycles. The van der Waals surface area contributed by atoms with E-state index >= 15 is 0 Å². The van der Waals surface area contributed by atoms with E-state index in [1.54, 1.807) is 14.2 Å². The van der Waals surface area contributed by atoms with Gasteiger partial charge in [0.05, 0.1) is 20.3 Å². The summed E-state index contributed by atoms with van der Waals surface area (Å²) in [6.07, 6.45) is 1.00. The van der Waals surface area contributed by atoms with Crippen LogP contribution in [-0.2, 0) is 6.42 Å².